The van der Waals surface area contributed by atoms with E-state index in [9.17, 15) is 10.1 Å². The van der Waals surface area contributed by atoms with Gasteiger partial charge in [-0.2, -0.15) is 5.26 Å². The van der Waals surface area contributed by atoms with Crippen LogP contribution < -0.4 is 15.4 Å². The first-order chi connectivity index (χ1) is 10.2. The van der Waals surface area contributed by atoms with Gasteiger partial charge in [0, 0.05) is 0 Å². The molecule has 1 heterocycles. The Morgan fingerprint density at radius 3 is 3.10 bits per heavy atom. The van der Waals surface area contributed by atoms with Gasteiger partial charge in [-0.1, -0.05) is 12.5 Å². The van der Waals surface area contributed by atoms with E-state index in [1.165, 1.54) is 20.0 Å². The number of fused-ring (bicyclic) bond motifs is 1. The molecule has 3 rings (SSSR count). The highest BCUT2D eigenvalue weighted by Crippen LogP contribution is 2.38. The molecule has 1 aromatic rings. The first kappa shape index (κ1) is 13.9. The molecular formula is C16H19N3O2. The minimum atomic E-state index is -0.158. The third-order valence-corrected chi connectivity index (χ3v) is 4.64. The molecule has 1 aromatic carbocycles. The monoisotopic (exact) mass is 285 g/mol. The summed E-state index contributed by atoms with van der Waals surface area (Å²) in [5.41, 5.74) is 0.888. The number of nitrogens with one attached hydrogen (secondary N) is 2. The van der Waals surface area contributed by atoms with Crippen LogP contribution in [0.5, 0.6) is 5.75 Å². The Labute approximate surface area is 124 Å². The van der Waals surface area contributed by atoms with Crippen LogP contribution in [0.2, 0.25) is 0 Å². The molecular weight excluding hydrogens is 266 g/mol. The van der Waals surface area contributed by atoms with E-state index in [0.717, 1.165) is 13.0 Å². The van der Waals surface area contributed by atoms with Crippen LogP contribution in [0, 0.1) is 23.2 Å². The first-order valence-electron chi connectivity index (χ1n) is 7.36. The summed E-state index contributed by atoms with van der Waals surface area (Å²) in [6, 6.07) is 7.11. The van der Waals surface area contributed by atoms with Gasteiger partial charge in [0.1, 0.15) is 17.5 Å². The maximum absolute atomic E-state index is 12.6. The van der Waals surface area contributed by atoms with Gasteiger partial charge in [-0.25, -0.2) is 0 Å². The lowest BCUT2D eigenvalue weighted by Gasteiger charge is -2.19. The summed E-state index contributed by atoms with van der Waals surface area (Å²) in [5, 5.41) is 15.4. The molecule has 1 saturated carbocycles. The second-order valence-electron chi connectivity index (χ2n) is 5.72. The maximum atomic E-state index is 12.6. The Bertz CT molecular complexity index is 594. The average molecular weight is 285 g/mol. The van der Waals surface area contributed by atoms with Crippen molar-refractivity contribution in [1.82, 2.24) is 5.32 Å². The minimum Gasteiger partial charge on any atom is -0.495 e. The smallest absolute Gasteiger partial charge is 0.241 e. The molecule has 0 aromatic heterocycles. The van der Waals surface area contributed by atoms with E-state index in [0.29, 0.717) is 28.8 Å². The van der Waals surface area contributed by atoms with Crippen LogP contribution in [0.4, 0.5) is 5.69 Å². The molecule has 110 valence electrons. The molecule has 0 radical (unpaired) electrons. The number of hydrogen-bond donors (Lipinski definition) is 2. The number of ether oxygens (including phenoxy) is 1. The van der Waals surface area contributed by atoms with Gasteiger partial charge in [-0.3, -0.25) is 4.79 Å². The number of nitrogens with zero attached hydrogens (tertiary/aromatic N) is 1. The van der Waals surface area contributed by atoms with E-state index in [2.05, 4.69) is 16.7 Å². The topological polar surface area (TPSA) is 74.1 Å². The molecule has 21 heavy (non-hydrogen) atoms. The first-order valence-corrected chi connectivity index (χ1v) is 7.36. The van der Waals surface area contributed by atoms with E-state index >= 15 is 0 Å². The van der Waals surface area contributed by atoms with Gasteiger partial charge in [0.2, 0.25) is 5.91 Å². The molecule has 3 unspecified atom stereocenters. The predicted molar refractivity (Wildman–Crippen MR) is 79.0 cm³/mol. The summed E-state index contributed by atoms with van der Waals surface area (Å²) < 4.78 is 5.25. The third-order valence-electron chi connectivity index (χ3n) is 4.64. The Hall–Kier alpha value is -2.06. The largest absolute Gasteiger partial charge is 0.495 e. The Balaban J connectivity index is 1.81. The van der Waals surface area contributed by atoms with Crippen LogP contribution in [-0.4, -0.2) is 25.6 Å². The summed E-state index contributed by atoms with van der Waals surface area (Å²) in [5.74, 6) is 1.49. The number of anilines is 1. The average Bonchev–Trinajstić information content (AvgIpc) is 3.10. The van der Waals surface area contributed by atoms with Crippen LogP contribution in [0.15, 0.2) is 18.2 Å². The Morgan fingerprint density at radius 2 is 2.33 bits per heavy atom. The number of amides is 1. The summed E-state index contributed by atoms with van der Waals surface area (Å²) in [6.45, 7) is 0.916. The van der Waals surface area contributed by atoms with Crippen molar-refractivity contribution >= 4 is 11.6 Å². The summed E-state index contributed by atoms with van der Waals surface area (Å²) in [7, 11) is 1.53. The highest BCUT2D eigenvalue weighted by atomic mass is 16.5. The zero-order valence-electron chi connectivity index (χ0n) is 12.1. The SMILES string of the molecule is COc1cccc(C#N)c1NC(=O)C1NCC2CCCC21. The fourth-order valence-corrected chi connectivity index (χ4v) is 3.60. The van der Waals surface area contributed by atoms with Crippen LogP contribution in [0.3, 0.4) is 0 Å². The van der Waals surface area contributed by atoms with Gasteiger partial charge in [0.15, 0.2) is 0 Å². The van der Waals surface area contributed by atoms with E-state index in [1.807, 2.05) is 0 Å². The second-order valence-corrected chi connectivity index (χ2v) is 5.72. The lowest BCUT2D eigenvalue weighted by atomic mass is 9.93. The van der Waals surface area contributed by atoms with Crippen molar-refractivity contribution in [2.75, 3.05) is 19.0 Å². The van der Waals surface area contributed by atoms with Gasteiger partial charge in [-0.05, 0) is 43.4 Å². The van der Waals surface area contributed by atoms with Crippen LogP contribution >= 0.6 is 0 Å². The number of nitriles is 1. The number of carbonyl (C=O) groups is 1. The quantitative estimate of drug-likeness (QED) is 0.889. The van der Waals surface area contributed by atoms with Crippen molar-refractivity contribution in [2.45, 2.75) is 25.3 Å². The standard InChI is InChI=1S/C16H19N3O2/c1-21-13-7-3-4-10(8-17)14(13)19-16(20)15-12-6-2-5-11(12)9-18-15/h3-4,7,11-12,15,18H,2,5-6,9H2,1H3,(H,19,20). The molecule has 1 aliphatic carbocycles. The van der Waals surface area contributed by atoms with Crippen molar-refractivity contribution in [3.05, 3.63) is 23.8 Å². The van der Waals surface area contributed by atoms with Crippen LogP contribution in [0.1, 0.15) is 24.8 Å². The van der Waals surface area contributed by atoms with E-state index in [4.69, 9.17) is 4.74 Å². The van der Waals surface area contributed by atoms with Crippen LogP contribution in [0.25, 0.3) is 0 Å². The van der Waals surface area contributed by atoms with Gasteiger partial charge >= 0.3 is 0 Å². The number of benzene rings is 1. The van der Waals surface area contributed by atoms with E-state index < -0.39 is 0 Å². The lowest BCUT2D eigenvalue weighted by Crippen LogP contribution is -2.40. The molecule has 1 amide bonds. The molecule has 1 saturated heterocycles. The number of para-hydroxylation sites is 1. The number of hydrogen-bond acceptors (Lipinski definition) is 4. The summed E-state index contributed by atoms with van der Waals surface area (Å²) in [4.78, 5) is 12.6. The summed E-state index contributed by atoms with van der Waals surface area (Å²) >= 11 is 0. The van der Waals surface area contributed by atoms with E-state index in [1.54, 1.807) is 18.2 Å². The molecule has 5 heteroatoms. The minimum absolute atomic E-state index is 0.0644. The highest BCUT2D eigenvalue weighted by Gasteiger charge is 2.42. The van der Waals surface area contributed by atoms with Gasteiger partial charge < -0.3 is 15.4 Å². The predicted octanol–water partition coefficient (Wildman–Crippen LogP) is 1.89. The van der Waals surface area contributed by atoms with Crippen molar-refractivity contribution in [1.29, 1.82) is 5.26 Å². The summed E-state index contributed by atoms with van der Waals surface area (Å²) in [6.07, 6.45) is 3.52. The van der Waals surface area contributed by atoms with Gasteiger partial charge in [0.05, 0.1) is 18.7 Å². The molecule has 3 atom stereocenters. The number of methoxy groups -OCH3 is 1. The second kappa shape index (κ2) is 5.74. The molecule has 0 bridgehead atoms. The van der Waals surface area contributed by atoms with Crippen LogP contribution in [-0.2, 0) is 4.79 Å². The maximum Gasteiger partial charge on any atom is 0.241 e. The fourth-order valence-electron chi connectivity index (χ4n) is 3.60. The number of carbonyl (C=O) groups excluding carboxylic acids is 1. The lowest BCUT2D eigenvalue weighted by molar-refractivity contribution is -0.118. The third kappa shape index (κ3) is 2.47. The highest BCUT2D eigenvalue weighted by molar-refractivity contribution is 5.97. The van der Waals surface area contributed by atoms with E-state index in [-0.39, 0.29) is 11.9 Å². The molecule has 2 N–H and O–H groups in total. The molecule has 0 spiro atoms. The Kier molecular flexibility index (Phi) is 3.80. The van der Waals surface area contributed by atoms with Crippen molar-refractivity contribution in [2.24, 2.45) is 11.8 Å². The molecule has 5 nitrogen and oxygen atoms in total. The fraction of sp³-hybridized carbons (Fsp3) is 0.500. The molecule has 1 aliphatic heterocycles. The Morgan fingerprint density at radius 1 is 1.48 bits per heavy atom. The zero-order chi connectivity index (χ0) is 14.8. The normalized spacial score (nSPS) is 27.0. The van der Waals surface area contributed by atoms with Gasteiger partial charge in [0.25, 0.3) is 0 Å². The van der Waals surface area contributed by atoms with Gasteiger partial charge in [-0.15, -0.1) is 0 Å². The van der Waals surface area contributed by atoms with Crippen molar-refractivity contribution in [3.63, 3.8) is 0 Å². The van der Waals surface area contributed by atoms with Crippen molar-refractivity contribution in [3.8, 4) is 11.8 Å². The molecule has 2 aliphatic rings. The zero-order valence-corrected chi connectivity index (χ0v) is 12.1. The number of rotatable bonds is 3. The van der Waals surface area contributed by atoms with Crippen molar-refractivity contribution < 1.29 is 9.53 Å². The molecule has 2 fully saturated rings.